The van der Waals surface area contributed by atoms with Crippen LogP contribution in [0.1, 0.15) is 50.7 Å². The van der Waals surface area contributed by atoms with Gasteiger partial charge in [0.2, 0.25) is 5.13 Å². The molecule has 0 aliphatic carbocycles. The summed E-state index contributed by atoms with van der Waals surface area (Å²) in [5.41, 5.74) is 3.46. The molecule has 0 saturated heterocycles. The molecule has 8 nitrogen and oxygen atoms in total. The lowest BCUT2D eigenvalue weighted by Gasteiger charge is -2.50. The van der Waals surface area contributed by atoms with E-state index in [1.807, 2.05) is 18.2 Å². The van der Waals surface area contributed by atoms with Gasteiger partial charge in [-0.25, -0.2) is 4.98 Å². The molecule has 0 bridgehead atoms. The van der Waals surface area contributed by atoms with Crippen LogP contribution in [0.2, 0.25) is 0 Å². The summed E-state index contributed by atoms with van der Waals surface area (Å²) in [5.74, 6) is 0.945. The van der Waals surface area contributed by atoms with Crippen LogP contribution in [0.5, 0.6) is 5.75 Å². The van der Waals surface area contributed by atoms with Crippen molar-refractivity contribution in [1.29, 1.82) is 0 Å². The topological polar surface area (TPSA) is 104 Å². The van der Waals surface area contributed by atoms with Gasteiger partial charge in [-0.1, -0.05) is 18.3 Å². The van der Waals surface area contributed by atoms with Gasteiger partial charge in [-0.2, -0.15) is 8.42 Å². The quantitative estimate of drug-likeness (QED) is 0.358. The number of nitrogens with zero attached hydrogens (tertiary/aromatic N) is 4. The number of anilines is 1. The highest BCUT2D eigenvalue weighted by Crippen LogP contribution is 2.51. The second kappa shape index (κ2) is 7.75. The lowest BCUT2D eigenvalue weighted by Crippen LogP contribution is -2.50. The van der Waals surface area contributed by atoms with E-state index in [0.717, 1.165) is 46.6 Å². The van der Waals surface area contributed by atoms with Crippen LogP contribution in [-0.2, 0) is 16.5 Å². The SMILES string of the molecule is COc1ccc2nc(N=Nc3cc4c5c(c3S(=O)(=O)O)CCCN5C(C)(C)CC4C)sc2c1. The fourth-order valence-electron chi connectivity index (χ4n) is 5.27. The van der Waals surface area contributed by atoms with Gasteiger partial charge in [0.05, 0.1) is 17.3 Å². The molecule has 0 saturated carbocycles. The van der Waals surface area contributed by atoms with Gasteiger partial charge >= 0.3 is 0 Å². The largest absolute Gasteiger partial charge is 0.497 e. The van der Waals surface area contributed by atoms with Crippen molar-refractivity contribution >= 4 is 48.2 Å². The maximum Gasteiger partial charge on any atom is 0.297 e. The van der Waals surface area contributed by atoms with Crippen LogP contribution in [0.3, 0.4) is 0 Å². The molecule has 0 spiro atoms. The summed E-state index contributed by atoms with van der Waals surface area (Å²) in [6.45, 7) is 7.38. The Labute approximate surface area is 197 Å². The summed E-state index contributed by atoms with van der Waals surface area (Å²) in [6.07, 6.45) is 2.33. The van der Waals surface area contributed by atoms with Crippen molar-refractivity contribution in [1.82, 2.24) is 4.98 Å². The van der Waals surface area contributed by atoms with Gasteiger partial charge in [0.15, 0.2) is 0 Å². The normalized spacial score (nSPS) is 19.8. The molecule has 2 aliphatic heterocycles. The molecule has 3 aromatic rings. The minimum Gasteiger partial charge on any atom is -0.497 e. The van der Waals surface area contributed by atoms with E-state index in [2.05, 4.69) is 40.9 Å². The van der Waals surface area contributed by atoms with Crippen molar-refractivity contribution in [2.24, 2.45) is 10.2 Å². The van der Waals surface area contributed by atoms with E-state index in [9.17, 15) is 13.0 Å². The summed E-state index contributed by atoms with van der Waals surface area (Å²) in [7, 11) is -2.90. The van der Waals surface area contributed by atoms with E-state index < -0.39 is 10.1 Å². The third-order valence-corrected chi connectivity index (χ3v) is 8.46. The standard InChI is InChI=1S/C23H26N4O4S2/c1-13-12-23(2,3)27-9-5-6-15-20(27)16(13)11-18(21(15)33(28,29)30)25-26-22-24-17-8-7-14(31-4)10-19(17)32-22/h7-8,10-11,13H,5-6,9,12H2,1-4H3,(H,28,29,30). The average molecular weight is 487 g/mol. The van der Waals surface area contributed by atoms with Crippen molar-refractivity contribution in [2.45, 2.75) is 56.4 Å². The van der Waals surface area contributed by atoms with Crippen molar-refractivity contribution in [3.8, 4) is 5.75 Å². The Morgan fingerprint density at radius 3 is 2.79 bits per heavy atom. The molecule has 5 rings (SSSR count). The van der Waals surface area contributed by atoms with Crippen LogP contribution in [0.15, 0.2) is 39.4 Å². The monoisotopic (exact) mass is 486 g/mol. The number of benzene rings is 2. The number of hydrogen-bond donors (Lipinski definition) is 1. The van der Waals surface area contributed by atoms with Gasteiger partial charge in [-0.05, 0) is 74.4 Å². The van der Waals surface area contributed by atoms with Gasteiger partial charge in [-0.15, -0.1) is 10.2 Å². The lowest BCUT2D eigenvalue weighted by molar-refractivity contribution is 0.365. The highest BCUT2D eigenvalue weighted by molar-refractivity contribution is 7.86. The molecule has 1 unspecified atom stereocenters. The minimum absolute atomic E-state index is 0.0941. The smallest absolute Gasteiger partial charge is 0.297 e. The van der Waals surface area contributed by atoms with E-state index in [0.29, 0.717) is 17.1 Å². The zero-order valence-corrected chi connectivity index (χ0v) is 20.6. The van der Waals surface area contributed by atoms with Gasteiger partial charge in [0.25, 0.3) is 10.1 Å². The molecule has 174 valence electrons. The van der Waals surface area contributed by atoms with E-state index >= 15 is 0 Å². The summed E-state index contributed by atoms with van der Waals surface area (Å²) in [4.78, 5) is 6.62. The summed E-state index contributed by atoms with van der Waals surface area (Å²) < 4.78 is 41.4. The molecular formula is C23H26N4O4S2. The predicted octanol–water partition coefficient (Wildman–Crippen LogP) is 6.01. The molecule has 1 aromatic heterocycles. The van der Waals surface area contributed by atoms with Gasteiger partial charge in [0, 0.05) is 17.8 Å². The molecule has 1 N–H and O–H groups in total. The predicted molar refractivity (Wildman–Crippen MR) is 129 cm³/mol. The number of methoxy groups -OCH3 is 1. The molecule has 0 radical (unpaired) electrons. The third-order valence-electron chi connectivity index (χ3n) is 6.59. The first kappa shape index (κ1) is 22.2. The molecule has 3 heterocycles. The Balaban J connectivity index is 1.66. The van der Waals surface area contributed by atoms with Crippen molar-refractivity contribution in [3.63, 3.8) is 0 Å². The van der Waals surface area contributed by atoms with Crippen LogP contribution in [0.4, 0.5) is 16.5 Å². The number of azo groups is 1. The van der Waals surface area contributed by atoms with E-state index in [-0.39, 0.29) is 22.0 Å². The second-order valence-electron chi connectivity index (χ2n) is 9.32. The van der Waals surface area contributed by atoms with Gasteiger partial charge < -0.3 is 9.64 Å². The zero-order valence-electron chi connectivity index (χ0n) is 19.0. The Hall–Kier alpha value is -2.56. The Morgan fingerprint density at radius 1 is 1.27 bits per heavy atom. The lowest BCUT2D eigenvalue weighted by atomic mass is 9.77. The minimum atomic E-state index is -4.51. The molecule has 1 atom stereocenters. The fourth-order valence-corrected chi connectivity index (χ4v) is 6.96. The van der Waals surface area contributed by atoms with Crippen molar-refractivity contribution in [2.75, 3.05) is 18.6 Å². The Morgan fingerprint density at radius 2 is 2.06 bits per heavy atom. The number of hydrogen-bond acceptors (Lipinski definition) is 8. The van der Waals surface area contributed by atoms with E-state index in [1.165, 1.54) is 11.3 Å². The van der Waals surface area contributed by atoms with E-state index in [1.54, 1.807) is 13.2 Å². The summed E-state index contributed by atoms with van der Waals surface area (Å²) >= 11 is 1.34. The maximum atomic E-state index is 12.5. The first-order chi connectivity index (χ1) is 15.6. The molecule has 2 aromatic carbocycles. The summed E-state index contributed by atoms with van der Waals surface area (Å²) in [5, 5.41) is 8.97. The van der Waals surface area contributed by atoms with Crippen LogP contribution in [-0.4, -0.2) is 37.1 Å². The average Bonchev–Trinajstić information content (AvgIpc) is 3.16. The highest BCUT2D eigenvalue weighted by Gasteiger charge is 2.41. The van der Waals surface area contributed by atoms with Crippen LogP contribution >= 0.6 is 11.3 Å². The van der Waals surface area contributed by atoms with Crippen molar-refractivity contribution < 1.29 is 17.7 Å². The van der Waals surface area contributed by atoms with Crippen LogP contribution in [0, 0.1) is 0 Å². The Bertz CT molecular complexity index is 1400. The molecule has 0 fully saturated rings. The number of rotatable bonds is 4. The van der Waals surface area contributed by atoms with Crippen LogP contribution < -0.4 is 9.64 Å². The third kappa shape index (κ3) is 3.79. The highest BCUT2D eigenvalue weighted by atomic mass is 32.2. The van der Waals surface area contributed by atoms with Crippen LogP contribution in [0.25, 0.3) is 10.2 Å². The second-order valence-corrected chi connectivity index (χ2v) is 11.7. The molecular weight excluding hydrogens is 460 g/mol. The summed E-state index contributed by atoms with van der Waals surface area (Å²) in [6, 6.07) is 7.31. The van der Waals surface area contributed by atoms with Gasteiger partial charge in [0.1, 0.15) is 16.3 Å². The number of fused-ring (bicyclic) bond motifs is 1. The number of ether oxygens (including phenoxy) is 1. The first-order valence-electron chi connectivity index (χ1n) is 10.9. The molecule has 33 heavy (non-hydrogen) atoms. The molecule has 2 aliphatic rings. The maximum absolute atomic E-state index is 12.5. The number of aromatic nitrogens is 1. The van der Waals surface area contributed by atoms with E-state index in [4.69, 9.17) is 4.74 Å². The fraction of sp³-hybridized carbons (Fsp3) is 0.435. The first-order valence-corrected chi connectivity index (χ1v) is 13.2. The zero-order chi connectivity index (χ0) is 23.5. The molecule has 10 heteroatoms. The van der Waals surface area contributed by atoms with Gasteiger partial charge in [-0.3, -0.25) is 4.55 Å². The number of thiazole rings is 1. The van der Waals surface area contributed by atoms with Crippen molar-refractivity contribution in [3.05, 3.63) is 35.4 Å². The Kier molecular flexibility index (Phi) is 5.22. The molecule has 0 amide bonds.